The molecule has 4 unspecified atom stereocenters. The van der Waals surface area contributed by atoms with Crippen LogP contribution in [0.15, 0.2) is 30.3 Å². The third-order valence-electron chi connectivity index (χ3n) is 9.72. The van der Waals surface area contributed by atoms with Crippen LogP contribution in [0.1, 0.15) is 87.7 Å². The number of fused-ring (bicyclic) bond motifs is 1. The number of methoxy groups -OCH3 is 1. The third kappa shape index (κ3) is 4.66. The minimum Gasteiger partial charge on any atom is -0.453 e. The lowest BCUT2D eigenvalue weighted by Gasteiger charge is -2.68. The highest BCUT2D eigenvalue weighted by molar-refractivity contribution is 5.68. The van der Waals surface area contributed by atoms with Crippen molar-refractivity contribution >= 4 is 12.2 Å². The smallest absolute Gasteiger partial charge is 0.409 e. The molecule has 9 nitrogen and oxygen atoms in total. The van der Waals surface area contributed by atoms with Crippen molar-refractivity contribution in [3.63, 3.8) is 0 Å². The monoisotopic (exact) mass is 549 g/mol. The van der Waals surface area contributed by atoms with Gasteiger partial charge in [0.2, 0.25) is 0 Å². The molecule has 9 heteroatoms. The van der Waals surface area contributed by atoms with E-state index in [0.29, 0.717) is 36.6 Å². The Bertz CT molecular complexity index is 1270. The second-order valence-electron chi connectivity index (χ2n) is 13.1. The van der Waals surface area contributed by atoms with E-state index in [1.165, 1.54) is 32.1 Å². The molecule has 1 spiro atoms. The van der Waals surface area contributed by atoms with Crippen LogP contribution in [0.2, 0.25) is 0 Å². The first-order chi connectivity index (χ1) is 19.1. The van der Waals surface area contributed by atoms with Crippen LogP contribution in [-0.2, 0) is 22.4 Å². The molecule has 3 fully saturated rings. The van der Waals surface area contributed by atoms with E-state index in [9.17, 15) is 9.59 Å². The Morgan fingerprint density at radius 2 is 1.98 bits per heavy atom. The molecule has 2 saturated carbocycles. The summed E-state index contributed by atoms with van der Waals surface area (Å²) in [7, 11) is 1.44. The number of carbonyl (C=O) groups is 2. The number of rotatable bonds is 6. The molecule has 1 saturated heterocycles. The van der Waals surface area contributed by atoms with E-state index in [-0.39, 0.29) is 18.2 Å². The first-order valence-electron chi connectivity index (χ1n) is 14.8. The van der Waals surface area contributed by atoms with Gasteiger partial charge in [-0.1, -0.05) is 30.3 Å². The van der Waals surface area contributed by atoms with Gasteiger partial charge >= 0.3 is 12.2 Å². The van der Waals surface area contributed by atoms with E-state index < -0.39 is 5.60 Å². The molecule has 1 aromatic heterocycles. The Kier molecular flexibility index (Phi) is 6.84. The average molecular weight is 550 g/mol. The Morgan fingerprint density at radius 1 is 1.20 bits per heavy atom. The Hall–Kier alpha value is -3.07. The molecule has 2 aliphatic carbocycles. The zero-order valence-corrected chi connectivity index (χ0v) is 24.5. The number of nitrogens with one attached hydrogen (secondary N) is 1. The fraction of sp³-hybridized carbons (Fsp3) is 0.645. The molecule has 1 N–H and O–H groups in total. The number of imidazole rings is 1. The van der Waals surface area contributed by atoms with Gasteiger partial charge in [0.15, 0.2) is 0 Å². The van der Waals surface area contributed by atoms with Crippen molar-refractivity contribution in [1.82, 2.24) is 24.7 Å². The highest BCUT2D eigenvalue weighted by atomic mass is 16.6. The second-order valence-corrected chi connectivity index (χ2v) is 13.1. The quantitative estimate of drug-likeness (QED) is 0.537. The highest BCUT2D eigenvalue weighted by Crippen LogP contribution is 2.67. The number of ether oxygens (including phenoxy) is 2. The number of carbonyl (C=O) groups excluding carboxylic acids is 2. The predicted molar refractivity (Wildman–Crippen MR) is 151 cm³/mol. The lowest BCUT2D eigenvalue weighted by Crippen LogP contribution is -2.74. The van der Waals surface area contributed by atoms with Crippen LogP contribution in [0.25, 0.3) is 0 Å². The van der Waals surface area contributed by atoms with Crippen molar-refractivity contribution in [1.29, 1.82) is 0 Å². The molecule has 5 atom stereocenters. The van der Waals surface area contributed by atoms with Crippen LogP contribution in [0.5, 0.6) is 0 Å². The van der Waals surface area contributed by atoms with Crippen molar-refractivity contribution in [2.75, 3.05) is 20.2 Å². The van der Waals surface area contributed by atoms with Gasteiger partial charge in [-0.15, -0.1) is 0 Å². The summed E-state index contributed by atoms with van der Waals surface area (Å²) in [5.74, 6) is 1.06. The van der Waals surface area contributed by atoms with Gasteiger partial charge in [-0.2, -0.15) is 0 Å². The summed E-state index contributed by atoms with van der Waals surface area (Å²) < 4.78 is 13.0. The van der Waals surface area contributed by atoms with E-state index in [4.69, 9.17) is 14.5 Å². The molecular formula is C31H43N5O4. The Balaban J connectivity index is 1.15. The average Bonchev–Trinajstić information content (AvgIpc) is 3.44. The molecule has 2 aliphatic heterocycles. The first-order valence-corrected chi connectivity index (χ1v) is 14.8. The summed E-state index contributed by atoms with van der Waals surface area (Å²) in [5.41, 5.74) is 3.32. The van der Waals surface area contributed by atoms with E-state index in [0.717, 1.165) is 42.9 Å². The summed E-state index contributed by atoms with van der Waals surface area (Å²) in [6.07, 6.45) is 5.93. The number of benzene rings is 1. The second kappa shape index (κ2) is 10.1. The van der Waals surface area contributed by atoms with E-state index in [2.05, 4.69) is 33.8 Å². The van der Waals surface area contributed by atoms with Crippen molar-refractivity contribution in [3.8, 4) is 0 Å². The van der Waals surface area contributed by atoms with Gasteiger partial charge in [-0.25, -0.2) is 14.6 Å². The summed E-state index contributed by atoms with van der Waals surface area (Å²) in [5, 5.41) is 3.15. The van der Waals surface area contributed by atoms with Crippen LogP contribution in [0.3, 0.4) is 0 Å². The number of likely N-dealkylation sites (tertiary alicyclic amines) is 1. The number of aryl methyl sites for hydroxylation is 1. The Morgan fingerprint density at radius 3 is 2.65 bits per heavy atom. The molecular weight excluding hydrogens is 506 g/mol. The van der Waals surface area contributed by atoms with Crippen molar-refractivity contribution in [2.24, 2.45) is 5.41 Å². The van der Waals surface area contributed by atoms with Gasteiger partial charge in [-0.05, 0) is 65.4 Å². The lowest BCUT2D eigenvalue weighted by atomic mass is 9.53. The summed E-state index contributed by atoms with van der Waals surface area (Å²) in [4.78, 5) is 34.2. The van der Waals surface area contributed by atoms with Gasteiger partial charge in [0.05, 0.1) is 25.4 Å². The first kappa shape index (κ1) is 27.1. The summed E-state index contributed by atoms with van der Waals surface area (Å²) >= 11 is 0. The molecule has 2 amide bonds. The van der Waals surface area contributed by atoms with Crippen LogP contribution < -0.4 is 5.32 Å². The minimum atomic E-state index is -0.532. The number of amides is 2. The Labute approximate surface area is 237 Å². The lowest BCUT2D eigenvalue weighted by molar-refractivity contribution is -0.188. The molecule has 1 aromatic carbocycles. The van der Waals surface area contributed by atoms with E-state index in [1.807, 2.05) is 39.0 Å². The van der Waals surface area contributed by atoms with Gasteiger partial charge < -0.3 is 24.3 Å². The molecule has 0 bridgehead atoms. The highest BCUT2D eigenvalue weighted by Gasteiger charge is 2.69. The zero-order chi connectivity index (χ0) is 28.2. The number of alkyl carbamates (subject to hydrolysis) is 1. The zero-order valence-electron chi connectivity index (χ0n) is 24.5. The molecule has 216 valence electrons. The number of nitrogens with zero attached hydrogens (tertiary/aromatic N) is 4. The van der Waals surface area contributed by atoms with Gasteiger partial charge in [0, 0.05) is 48.7 Å². The third-order valence-corrected chi connectivity index (χ3v) is 9.72. The standard InChI is InChI=1S/C31H43N5O4/c1-20-32-24-19-34(29(38)39-5)15-13-25(24)36(20)22-17-27-31(18-22)14-11-26(31)35(27)16-12-23(21-9-7-6-8-10-21)33-28(37)40-30(2,3)4/h6-10,22-23,26-27H,11-19H2,1-5H3,(H,33,37)/t22?,23-,26?,27?,31?/m0/s1. The molecule has 6 rings (SSSR count). The maximum Gasteiger partial charge on any atom is 0.409 e. The topological polar surface area (TPSA) is 88.9 Å². The van der Waals surface area contributed by atoms with Crippen LogP contribution in [0, 0.1) is 12.3 Å². The van der Waals surface area contributed by atoms with Crippen LogP contribution in [-0.4, -0.2) is 69.4 Å². The fourth-order valence-electron chi connectivity index (χ4n) is 8.07. The largest absolute Gasteiger partial charge is 0.453 e. The normalized spacial score (nSPS) is 27.9. The molecule has 4 aliphatic rings. The van der Waals surface area contributed by atoms with Gasteiger partial charge in [-0.3, -0.25) is 4.90 Å². The molecule has 40 heavy (non-hydrogen) atoms. The summed E-state index contributed by atoms with van der Waals surface area (Å²) in [6.45, 7) is 9.95. The number of hydrogen-bond acceptors (Lipinski definition) is 6. The number of aromatic nitrogens is 2. The fourth-order valence-corrected chi connectivity index (χ4v) is 8.07. The van der Waals surface area contributed by atoms with E-state index >= 15 is 0 Å². The van der Waals surface area contributed by atoms with Crippen LogP contribution in [0.4, 0.5) is 9.59 Å². The van der Waals surface area contributed by atoms with Crippen molar-refractivity contribution in [2.45, 2.75) is 103 Å². The number of piperidine rings is 1. The summed E-state index contributed by atoms with van der Waals surface area (Å²) in [6, 6.07) is 11.8. The molecule has 0 radical (unpaired) electrons. The van der Waals surface area contributed by atoms with Gasteiger partial charge in [0.25, 0.3) is 0 Å². The maximum atomic E-state index is 12.7. The SMILES string of the molecule is COC(=O)N1CCc2c(nc(C)n2C2CC3N(CC[C@H](NC(=O)OC(C)(C)C)c4ccccc4)C4CCC43C2)C1. The van der Waals surface area contributed by atoms with E-state index in [1.54, 1.807) is 4.90 Å². The molecule has 2 aromatic rings. The predicted octanol–water partition coefficient (Wildman–Crippen LogP) is 5.14. The van der Waals surface area contributed by atoms with Crippen LogP contribution >= 0.6 is 0 Å². The molecule has 3 heterocycles. The maximum absolute atomic E-state index is 12.7. The van der Waals surface area contributed by atoms with Crippen molar-refractivity contribution in [3.05, 3.63) is 53.1 Å². The van der Waals surface area contributed by atoms with Gasteiger partial charge in [0.1, 0.15) is 11.4 Å². The van der Waals surface area contributed by atoms with Crippen molar-refractivity contribution < 1.29 is 19.1 Å². The minimum absolute atomic E-state index is 0.0935. The number of hydrogen-bond donors (Lipinski definition) is 1.